The SMILES string of the molecule is CCNC(=NCCn1ccnc1)N1CCOC(c2ccccc2C)C1.I. The third kappa shape index (κ3) is 5.44. The minimum Gasteiger partial charge on any atom is -0.370 e. The minimum atomic E-state index is 0. The van der Waals surface area contributed by atoms with Gasteiger partial charge in [-0.15, -0.1) is 24.0 Å². The van der Waals surface area contributed by atoms with Gasteiger partial charge in [0.15, 0.2) is 5.96 Å². The Kier molecular flexibility index (Phi) is 8.37. The topological polar surface area (TPSA) is 54.7 Å². The van der Waals surface area contributed by atoms with Gasteiger partial charge in [-0.3, -0.25) is 4.99 Å². The minimum absolute atomic E-state index is 0. The molecule has 142 valence electrons. The number of nitrogens with zero attached hydrogens (tertiary/aromatic N) is 4. The highest BCUT2D eigenvalue weighted by molar-refractivity contribution is 14.0. The van der Waals surface area contributed by atoms with Crippen LogP contribution in [-0.2, 0) is 11.3 Å². The zero-order valence-electron chi connectivity index (χ0n) is 15.5. The van der Waals surface area contributed by atoms with Crippen LogP contribution in [0, 0.1) is 6.92 Å². The van der Waals surface area contributed by atoms with E-state index in [2.05, 4.69) is 53.3 Å². The second-order valence-corrected chi connectivity index (χ2v) is 6.20. The van der Waals surface area contributed by atoms with Crippen LogP contribution in [0.4, 0.5) is 0 Å². The quantitative estimate of drug-likeness (QED) is 0.416. The summed E-state index contributed by atoms with van der Waals surface area (Å²) in [5, 5.41) is 3.41. The van der Waals surface area contributed by atoms with Gasteiger partial charge in [0.2, 0.25) is 0 Å². The third-order valence-electron chi connectivity index (χ3n) is 4.42. The maximum Gasteiger partial charge on any atom is 0.194 e. The number of hydrogen-bond donors (Lipinski definition) is 1. The van der Waals surface area contributed by atoms with Crippen LogP contribution in [0.5, 0.6) is 0 Å². The Labute approximate surface area is 172 Å². The molecule has 0 amide bonds. The number of ether oxygens (including phenoxy) is 1. The van der Waals surface area contributed by atoms with Crippen molar-refractivity contribution in [3.8, 4) is 0 Å². The summed E-state index contributed by atoms with van der Waals surface area (Å²) in [5.74, 6) is 0.962. The first-order valence-corrected chi connectivity index (χ1v) is 8.94. The molecule has 1 aliphatic rings. The van der Waals surface area contributed by atoms with Gasteiger partial charge in [0.1, 0.15) is 6.10 Å². The molecule has 2 heterocycles. The molecule has 1 aliphatic heterocycles. The maximum atomic E-state index is 6.03. The number of nitrogens with one attached hydrogen (secondary N) is 1. The van der Waals surface area contributed by atoms with E-state index in [0.29, 0.717) is 6.61 Å². The summed E-state index contributed by atoms with van der Waals surface area (Å²) in [5.41, 5.74) is 2.54. The number of guanidine groups is 1. The molecule has 1 N–H and O–H groups in total. The lowest BCUT2D eigenvalue weighted by Gasteiger charge is -2.35. The van der Waals surface area contributed by atoms with Gasteiger partial charge >= 0.3 is 0 Å². The summed E-state index contributed by atoms with van der Waals surface area (Å²) in [7, 11) is 0. The van der Waals surface area contributed by atoms with Crippen molar-refractivity contribution in [2.24, 2.45) is 4.99 Å². The molecule has 26 heavy (non-hydrogen) atoms. The molecule has 0 saturated carbocycles. The smallest absolute Gasteiger partial charge is 0.194 e. The molecule has 1 fully saturated rings. The van der Waals surface area contributed by atoms with Gasteiger partial charge < -0.3 is 19.5 Å². The van der Waals surface area contributed by atoms with E-state index in [1.807, 2.05) is 17.1 Å². The number of halogens is 1. The summed E-state index contributed by atoms with van der Waals surface area (Å²) < 4.78 is 8.07. The first kappa shape index (κ1) is 20.7. The molecule has 1 aromatic carbocycles. The Morgan fingerprint density at radius 3 is 2.96 bits per heavy atom. The van der Waals surface area contributed by atoms with Crippen molar-refractivity contribution in [2.75, 3.05) is 32.8 Å². The summed E-state index contributed by atoms with van der Waals surface area (Å²) >= 11 is 0. The second-order valence-electron chi connectivity index (χ2n) is 6.20. The first-order chi connectivity index (χ1) is 12.3. The van der Waals surface area contributed by atoms with Crippen LogP contribution in [-0.4, -0.2) is 53.2 Å². The molecule has 1 saturated heterocycles. The number of aliphatic imine (C=N–C) groups is 1. The van der Waals surface area contributed by atoms with Gasteiger partial charge in [-0.05, 0) is 25.0 Å². The van der Waals surface area contributed by atoms with Gasteiger partial charge in [-0.25, -0.2) is 4.98 Å². The van der Waals surface area contributed by atoms with Gasteiger partial charge in [0, 0.05) is 32.0 Å². The molecule has 6 nitrogen and oxygen atoms in total. The molecule has 1 atom stereocenters. The summed E-state index contributed by atoms with van der Waals surface area (Å²) in [6.45, 7) is 9.06. The lowest BCUT2D eigenvalue weighted by molar-refractivity contribution is -0.00833. The van der Waals surface area contributed by atoms with Gasteiger partial charge in [-0.2, -0.15) is 0 Å². The highest BCUT2D eigenvalue weighted by Gasteiger charge is 2.25. The lowest BCUT2D eigenvalue weighted by Crippen LogP contribution is -2.48. The van der Waals surface area contributed by atoms with Crippen LogP contribution >= 0.6 is 24.0 Å². The number of benzene rings is 1. The van der Waals surface area contributed by atoms with E-state index in [1.165, 1.54) is 11.1 Å². The number of aromatic nitrogens is 2. The van der Waals surface area contributed by atoms with E-state index in [1.54, 1.807) is 6.20 Å². The average Bonchev–Trinajstić information content (AvgIpc) is 3.15. The summed E-state index contributed by atoms with van der Waals surface area (Å²) in [6.07, 6.45) is 5.67. The monoisotopic (exact) mass is 469 g/mol. The predicted molar refractivity (Wildman–Crippen MR) is 115 cm³/mol. The number of rotatable bonds is 5. The van der Waals surface area contributed by atoms with Crippen molar-refractivity contribution >= 4 is 29.9 Å². The van der Waals surface area contributed by atoms with Crippen molar-refractivity contribution in [1.29, 1.82) is 0 Å². The maximum absolute atomic E-state index is 6.03. The Balaban J connectivity index is 0.00000243. The molecule has 2 aromatic rings. The first-order valence-electron chi connectivity index (χ1n) is 8.94. The molecule has 0 bridgehead atoms. The summed E-state index contributed by atoms with van der Waals surface area (Å²) in [6, 6.07) is 8.45. The van der Waals surface area contributed by atoms with Crippen LogP contribution in [0.3, 0.4) is 0 Å². The van der Waals surface area contributed by atoms with Crippen molar-refractivity contribution in [3.63, 3.8) is 0 Å². The fraction of sp³-hybridized carbons (Fsp3) is 0.474. The molecule has 0 radical (unpaired) electrons. The van der Waals surface area contributed by atoms with E-state index in [9.17, 15) is 0 Å². The molecule has 0 spiro atoms. The molecular formula is C19H28IN5O. The Morgan fingerprint density at radius 1 is 1.38 bits per heavy atom. The molecule has 0 aliphatic carbocycles. The molecule has 3 rings (SSSR count). The molecule has 1 unspecified atom stereocenters. The predicted octanol–water partition coefficient (Wildman–Crippen LogP) is 2.85. The van der Waals surface area contributed by atoms with E-state index < -0.39 is 0 Å². The largest absolute Gasteiger partial charge is 0.370 e. The van der Waals surface area contributed by atoms with Crippen molar-refractivity contribution in [3.05, 3.63) is 54.1 Å². The van der Waals surface area contributed by atoms with Gasteiger partial charge in [-0.1, -0.05) is 24.3 Å². The Hall–Kier alpha value is -1.61. The van der Waals surface area contributed by atoms with E-state index in [0.717, 1.165) is 38.7 Å². The van der Waals surface area contributed by atoms with Crippen LogP contribution < -0.4 is 5.32 Å². The molecule has 1 aromatic heterocycles. The van der Waals surface area contributed by atoms with Crippen LogP contribution in [0.2, 0.25) is 0 Å². The highest BCUT2D eigenvalue weighted by atomic mass is 127. The lowest BCUT2D eigenvalue weighted by atomic mass is 10.0. The van der Waals surface area contributed by atoms with Crippen molar-refractivity contribution < 1.29 is 4.74 Å². The third-order valence-corrected chi connectivity index (χ3v) is 4.42. The molecular weight excluding hydrogens is 441 g/mol. The number of imidazole rings is 1. The fourth-order valence-electron chi connectivity index (χ4n) is 3.09. The van der Waals surface area contributed by atoms with Gasteiger partial charge in [0.25, 0.3) is 0 Å². The summed E-state index contributed by atoms with van der Waals surface area (Å²) in [4.78, 5) is 11.2. The van der Waals surface area contributed by atoms with Crippen LogP contribution in [0.15, 0.2) is 48.0 Å². The standard InChI is InChI=1S/C19H27N5O.HI/c1-3-21-19(22-9-11-23-10-8-20-15-23)24-12-13-25-18(14-24)17-7-5-4-6-16(17)2;/h4-8,10,15,18H,3,9,11-14H2,1-2H3,(H,21,22);1H. The Morgan fingerprint density at radius 2 is 2.23 bits per heavy atom. The van der Waals surface area contributed by atoms with Gasteiger partial charge in [0.05, 0.1) is 26.0 Å². The van der Waals surface area contributed by atoms with E-state index in [-0.39, 0.29) is 30.1 Å². The Bertz CT molecular complexity index is 689. The van der Waals surface area contributed by atoms with Crippen molar-refractivity contribution in [2.45, 2.75) is 26.5 Å². The zero-order valence-corrected chi connectivity index (χ0v) is 17.8. The average molecular weight is 469 g/mol. The van der Waals surface area contributed by atoms with Crippen molar-refractivity contribution in [1.82, 2.24) is 19.8 Å². The zero-order chi connectivity index (χ0) is 17.5. The number of hydrogen-bond acceptors (Lipinski definition) is 3. The fourth-order valence-corrected chi connectivity index (χ4v) is 3.09. The second kappa shape index (κ2) is 10.5. The van der Waals surface area contributed by atoms with Crippen LogP contribution in [0.25, 0.3) is 0 Å². The van der Waals surface area contributed by atoms with Crippen LogP contribution in [0.1, 0.15) is 24.2 Å². The van der Waals surface area contributed by atoms with E-state index >= 15 is 0 Å². The molecule has 7 heteroatoms. The number of aryl methyl sites for hydroxylation is 1. The normalized spacial score (nSPS) is 17.7. The number of morpholine rings is 1. The van der Waals surface area contributed by atoms with E-state index in [4.69, 9.17) is 9.73 Å². The highest BCUT2D eigenvalue weighted by Crippen LogP contribution is 2.24.